The van der Waals surface area contributed by atoms with Gasteiger partial charge in [0.15, 0.2) is 25.2 Å². The van der Waals surface area contributed by atoms with Crippen molar-refractivity contribution in [1.29, 1.82) is 0 Å². The molecular weight excluding hydrogens is 926 g/mol. The lowest BCUT2D eigenvalue weighted by Gasteiger charge is -2.52. The first-order valence-corrected chi connectivity index (χ1v) is 22.5. The molecule has 0 aromatic rings. The fourth-order valence-electron chi connectivity index (χ4n) is 9.66. The molecule has 1 amide bonds. The molecule has 28 nitrogen and oxygen atoms in total. The van der Waals surface area contributed by atoms with Crippen molar-refractivity contribution in [1.82, 2.24) is 5.32 Å². The Morgan fingerprint density at radius 3 is 1.60 bits per heavy atom. The largest absolute Gasteiger partial charge is 0.396 e. The predicted molar refractivity (Wildman–Crippen MR) is 214 cm³/mol. The number of nitrogens with one attached hydrogen (secondary N) is 1. The maximum atomic E-state index is 13.1. The lowest BCUT2D eigenvalue weighted by atomic mass is 9.81. The molecule has 18 N–H and O–H groups in total. The molecule has 6 fully saturated rings. The van der Waals surface area contributed by atoms with Gasteiger partial charge in [-0.2, -0.15) is 0 Å². The highest BCUT2D eigenvalue weighted by Crippen LogP contribution is 2.39. The zero-order valence-electron chi connectivity index (χ0n) is 37.2. The summed E-state index contributed by atoms with van der Waals surface area (Å²) in [4.78, 5) is 13.1. The first kappa shape index (κ1) is 55.7. The van der Waals surface area contributed by atoms with E-state index in [1.54, 1.807) is 6.92 Å². The Morgan fingerprint density at radius 2 is 0.985 bits per heavy atom. The topological polar surface area (TPSA) is 456 Å². The number of aliphatic hydroxyl groups excluding tert-OH is 17. The van der Waals surface area contributed by atoms with Crippen LogP contribution in [0.15, 0.2) is 0 Å². The van der Waals surface area contributed by atoms with Crippen molar-refractivity contribution in [3.05, 3.63) is 0 Å². The molecule has 4 saturated heterocycles. The molecule has 30 atom stereocenters. The van der Waals surface area contributed by atoms with Gasteiger partial charge in [0.25, 0.3) is 0 Å². The van der Waals surface area contributed by atoms with E-state index in [0.29, 0.717) is 0 Å². The van der Waals surface area contributed by atoms with Crippen LogP contribution >= 0.6 is 0 Å². The Kier molecular flexibility index (Phi) is 19.3. The smallest absolute Gasteiger partial charge is 0.217 e. The number of ether oxygens (including phenoxy) is 9. The second-order valence-corrected chi connectivity index (χ2v) is 18.5. The van der Waals surface area contributed by atoms with Crippen LogP contribution in [0.1, 0.15) is 33.6 Å². The van der Waals surface area contributed by atoms with Gasteiger partial charge in [-0.15, -0.1) is 0 Å². The Balaban J connectivity index is 1.37. The van der Waals surface area contributed by atoms with Crippen LogP contribution in [0, 0.1) is 11.8 Å². The van der Waals surface area contributed by atoms with Gasteiger partial charge in [-0.25, -0.2) is 0 Å². The Bertz CT molecular complexity index is 1590. The summed E-state index contributed by atoms with van der Waals surface area (Å²) in [5, 5.41) is 185. The van der Waals surface area contributed by atoms with E-state index in [-0.39, 0.29) is 12.8 Å². The van der Waals surface area contributed by atoms with E-state index in [0.717, 1.165) is 6.92 Å². The average molecular weight is 996 g/mol. The van der Waals surface area contributed by atoms with Gasteiger partial charge in [0.1, 0.15) is 116 Å². The maximum Gasteiger partial charge on any atom is 0.217 e. The number of carbonyl (C=O) groups is 1. The second-order valence-electron chi connectivity index (χ2n) is 18.5. The molecule has 0 bridgehead atoms. The third kappa shape index (κ3) is 11.5. The van der Waals surface area contributed by atoms with Crippen molar-refractivity contribution >= 4 is 5.91 Å². The Labute approximate surface area is 388 Å². The van der Waals surface area contributed by atoms with Gasteiger partial charge < -0.3 is 135 Å². The van der Waals surface area contributed by atoms with Crippen LogP contribution in [0.2, 0.25) is 0 Å². The molecule has 6 rings (SSSR count). The molecular formula is C40H69NO27. The molecule has 28 heteroatoms. The minimum atomic E-state index is -2.11. The number of rotatable bonds is 15. The summed E-state index contributed by atoms with van der Waals surface area (Å²) in [7, 11) is 0. The Morgan fingerprint density at radius 1 is 0.456 bits per heavy atom. The molecule has 68 heavy (non-hydrogen) atoms. The fourth-order valence-corrected chi connectivity index (χ4v) is 9.66. The highest BCUT2D eigenvalue weighted by Gasteiger charge is 2.58. The molecule has 2 saturated carbocycles. The van der Waals surface area contributed by atoms with E-state index in [2.05, 4.69) is 5.32 Å². The van der Waals surface area contributed by atoms with Gasteiger partial charge in [-0.3, -0.25) is 4.79 Å². The molecule has 396 valence electrons. The van der Waals surface area contributed by atoms with Crippen molar-refractivity contribution in [3.8, 4) is 0 Å². The Hall–Kier alpha value is -1.57. The van der Waals surface area contributed by atoms with Crippen molar-refractivity contribution in [2.45, 2.75) is 205 Å². The van der Waals surface area contributed by atoms with Gasteiger partial charge >= 0.3 is 0 Å². The van der Waals surface area contributed by atoms with Gasteiger partial charge in [0.2, 0.25) is 5.91 Å². The minimum absolute atomic E-state index is 0.111. The summed E-state index contributed by atoms with van der Waals surface area (Å²) in [5.74, 6) is -2.56. The van der Waals surface area contributed by atoms with E-state index in [4.69, 9.17) is 42.6 Å². The molecule has 6 aliphatic rings. The lowest BCUT2D eigenvalue weighted by Crippen LogP contribution is -2.71. The van der Waals surface area contributed by atoms with Crippen LogP contribution in [0.3, 0.4) is 0 Å². The second kappa shape index (κ2) is 23.5. The molecule has 0 spiro atoms. The number of carbonyl (C=O) groups excluding carboxylic acids is 1. The monoisotopic (exact) mass is 995 g/mol. The molecule has 12 unspecified atom stereocenters. The summed E-state index contributed by atoms with van der Waals surface area (Å²) < 4.78 is 54.0. The van der Waals surface area contributed by atoms with E-state index in [1.165, 1.54) is 6.92 Å². The first-order chi connectivity index (χ1) is 32.1. The summed E-state index contributed by atoms with van der Waals surface area (Å²) in [6, 6.07) is -1.79. The summed E-state index contributed by atoms with van der Waals surface area (Å²) in [6.07, 6.45) is -48.2. The standard InChI is InChI=1S/C40H69NO27/c1-10-4-15(23(51)26(54)20(10)48)61-36-29(57)24(52)16(7-43)63-40(36)66-33-18(9-45)64-37(19(41-12(3)46)34(33)67-38-30(58)27(55)21(49)11(2)60-38)68-35-25(53)17(8-44)62-39(31(35)59)65-32-13(6-42)5-14(47)22(50)28(32)56/h10-11,13-40,42-45,47-59H,4-9H2,1-3H3,(H,41,46)/t10-,11?,13?,14-,15+,16-,17?,18?,19?,20-,21+,22?,23?,24-,25+,26?,27-,28-,29?,30?,31?,32+,33+,34-,35+,36?,37+,38+,39+,40-/m1/s1. The summed E-state index contributed by atoms with van der Waals surface area (Å²) in [6.45, 7) is 0.279. The van der Waals surface area contributed by atoms with Gasteiger partial charge in [-0.1, -0.05) is 6.92 Å². The van der Waals surface area contributed by atoms with Crippen LogP contribution in [0.4, 0.5) is 0 Å². The van der Waals surface area contributed by atoms with Gasteiger partial charge in [-0.05, 0) is 25.7 Å². The van der Waals surface area contributed by atoms with Crippen LogP contribution in [0.5, 0.6) is 0 Å². The number of amides is 1. The van der Waals surface area contributed by atoms with E-state index >= 15 is 0 Å². The highest BCUT2D eigenvalue weighted by molar-refractivity contribution is 5.73. The molecule has 4 heterocycles. The normalized spacial score (nSPS) is 52.6. The van der Waals surface area contributed by atoms with E-state index in [1.807, 2.05) is 0 Å². The van der Waals surface area contributed by atoms with Crippen molar-refractivity contribution in [2.75, 3.05) is 26.4 Å². The number of hydrogen-bond donors (Lipinski definition) is 18. The predicted octanol–water partition coefficient (Wildman–Crippen LogP) is -10.6. The molecule has 2 aliphatic carbocycles. The molecule has 0 radical (unpaired) electrons. The van der Waals surface area contributed by atoms with E-state index in [9.17, 15) is 91.6 Å². The summed E-state index contributed by atoms with van der Waals surface area (Å²) in [5.41, 5.74) is 0. The zero-order valence-corrected chi connectivity index (χ0v) is 37.2. The molecule has 4 aliphatic heterocycles. The third-order valence-corrected chi connectivity index (χ3v) is 13.7. The van der Waals surface area contributed by atoms with Crippen LogP contribution in [-0.2, 0) is 47.4 Å². The van der Waals surface area contributed by atoms with Crippen molar-refractivity contribution in [2.24, 2.45) is 11.8 Å². The number of aliphatic hydroxyl groups is 17. The molecule has 0 aromatic carbocycles. The minimum Gasteiger partial charge on any atom is -0.396 e. The maximum absolute atomic E-state index is 13.1. The zero-order chi connectivity index (χ0) is 50.2. The SMILES string of the molecule is CC(=O)NC1[C@H](O[C@@H]2C(O)[C@H](O[C@H]3C(CO)C[C@@H](O)C(O)[C@H]3O)OC(CO)[C@@H]2O)OC(CO)[C@H](O[C@H]2O[C@H](CO)[C@@H](O)C(O)C2O[C@H]2C[C@@H](C)[C@@H](O)C(O)C2O)[C@@H]1O[C@@H]1OC(C)[C@H](O)[C@@H](O)C1O. The average Bonchev–Trinajstić information content (AvgIpc) is 3.31. The van der Waals surface area contributed by atoms with Gasteiger partial charge in [0, 0.05) is 19.4 Å². The van der Waals surface area contributed by atoms with Crippen LogP contribution < -0.4 is 5.32 Å². The van der Waals surface area contributed by atoms with Crippen LogP contribution in [-0.4, -0.2) is 291 Å². The highest BCUT2D eigenvalue weighted by atomic mass is 16.8. The quantitative estimate of drug-likeness (QED) is 0.0724. The van der Waals surface area contributed by atoms with Crippen molar-refractivity contribution in [3.63, 3.8) is 0 Å². The lowest BCUT2D eigenvalue weighted by molar-refractivity contribution is -0.392. The molecule has 0 aromatic heterocycles. The fraction of sp³-hybridized carbons (Fsp3) is 0.975. The van der Waals surface area contributed by atoms with E-state index < -0.39 is 216 Å². The van der Waals surface area contributed by atoms with Crippen molar-refractivity contribution < 1.29 is 134 Å². The number of hydrogen-bond acceptors (Lipinski definition) is 27. The van der Waals surface area contributed by atoms with Gasteiger partial charge in [0.05, 0.1) is 50.3 Å². The third-order valence-electron chi connectivity index (χ3n) is 13.7. The summed E-state index contributed by atoms with van der Waals surface area (Å²) >= 11 is 0. The first-order valence-electron chi connectivity index (χ1n) is 22.5. The van der Waals surface area contributed by atoms with Crippen LogP contribution in [0.25, 0.3) is 0 Å².